The molecule has 0 radical (unpaired) electrons. The number of hydrogen-bond acceptors (Lipinski definition) is 5. The van der Waals surface area contributed by atoms with Crippen LogP contribution in [0.25, 0.3) is 0 Å². The Morgan fingerprint density at radius 2 is 2.05 bits per heavy atom. The van der Waals surface area contributed by atoms with Crippen LogP contribution >= 0.6 is 11.6 Å². The van der Waals surface area contributed by atoms with E-state index in [1.165, 1.54) is 0 Å². The number of aryl methyl sites for hydroxylation is 1. The number of hydrogen-bond donors (Lipinski definition) is 2. The van der Waals surface area contributed by atoms with Crippen LogP contribution in [0, 0.1) is 6.92 Å². The molecule has 3 aromatic rings. The smallest absolute Gasteiger partial charge is 0.225 e. The number of aromatic nitrogens is 2. The van der Waals surface area contributed by atoms with Crippen LogP contribution in [-0.2, 0) is 6.54 Å². The molecule has 0 saturated heterocycles. The van der Waals surface area contributed by atoms with Crippen LogP contribution in [0.5, 0.6) is 0 Å². The SMILES string of the molecule is Cc1ccccc1Nc1nc(NCc2ccco2)ncc1Cl. The van der Waals surface area contributed by atoms with Crippen LogP contribution in [0.15, 0.2) is 53.3 Å². The second kappa shape index (κ2) is 6.49. The summed E-state index contributed by atoms with van der Waals surface area (Å²) in [5.41, 5.74) is 2.07. The minimum absolute atomic E-state index is 0.465. The van der Waals surface area contributed by atoms with Crippen molar-refractivity contribution in [1.29, 1.82) is 0 Å². The van der Waals surface area contributed by atoms with Crippen molar-refractivity contribution in [2.45, 2.75) is 13.5 Å². The van der Waals surface area contributed by atoms with E-state index in [1.807, 2.05) is 43.3 Å². The lowest BCUT2D eigenvalue weighted by Gasteiger charge is -2.11. The van der Waals surface area contributed by atoms with Crippen LogP contribution in [0.3, 0.4) is 0 Å². The first-order valence-electron chi connectivity index (χ1n) is 6.84. The molecule has 0 spiro atoms. The summed E-state index contributed by atoms with van der Waals surface area (Å²) in [4.78, 5) is 8.57. The van der Waals surface area contributed by atoms with Gasteiger partial charge in [0.1, 0.15) is 10.8 Å². The standard InChI is InChI=1S/C16H15ClN4O/c1-11-5-2-3-7-14(11)20-15-13(17)10-19-16(21-15)18-9-12-6-4-8-22-12/h2-8,10H,9H2,1H3,(H2,18,19,20,21). The molecule has 0 amide bonds. The highest BCUT2D eigenvalue weighted by atomic mass is 35.5. The number of halogens is 1. The number of nitrogens with one attached hydrogen (secondary N) is 2. The lowest BCUT2D eigenvalue weighted by atomic mass is 10.2. The Hall–Kier alpha value is -2.53. The maximum Gasteiger partial charge on any atom is 0.225 e. The summed E-state index contributed by atoms with van der Waals surface area (Å²) in [5.74, 6) is 1.86. The van der Waals surface area contributed by atoms with Gasteiger partial charge < -0.3 is 15.1 Å². The molecule has 0 atom stereocenters. The highest BCUT2D eigenvalue weighted by Gasteiger charge is 2.07. The molecule has 0 bridgehead atoms. The Kier molecular flexibility index (Phi) is 4.25. The third-order valence-electron chi connectivity index (χ3n) is 3.14. The summed E-state index contributed by atoms with van der Waals surface area (Å²) in [6, 6.07) is 11.7. The minimum atomic E-state index is 0.465. The largest absolute Gasteiger partial charge is 0.467 e. The molecule has 3 rings (SSSR count). The molecular weight excluding hydrogens is 300 g/mol. The summed E-state index contributed by atoms with van der Waals surface area (Å²) in [6.45, 7) is 2.53. The van der Waals surface area contributed by atoms with Crippen molar-refractivity contribution >= 4 is 29.1 Å². The van der Waals surface area contributed by atoms with Gasteiger partial charge in [-0.25, -0.2) is 4.98 Å². The van der Waals surface area contributed by atoms with E-state index < -0.39 is 0 Å². The molecular formula is C16H15ClN4O. The molecule has 112 valence electrons. The van der Waals surface area contributed by atoms with Gasteiger partial charge in [0.25, 0.3) is 0 Å². The fraction of sp³-hybridized carbons (Fsp3) is 0.125. The zero-order valence-electron chi connectivity index (χ0n) is 12.0. The molecule has 2 aromatic heterocycles. The number of nitrogens with zero attached hydrogens (tertiary/aromatic N) is 2. The molecule has 0 fully saturated rings. The molecule has 0 unspecified atom stereocenters. The predicted molar refractivity (Wildman–Crippen MR) is 87.5 cm³/mol. The van der Waals surface area contributed by atoms with E-state index in [-0.39, 0.29) is 0 Å². The molecule has 5 nitrogen and oxygen atoms in total. The fourth-order valence-corrected chi connectivity index (χ4v) is 2.10. The number of anilines is 3. The highest BCUT2D eigenvalue weighted by Crippen LogP contribution is 2.25. The Labute approximate surface area is 133 Å². The Balaban J connectivity index is 1.76. The van der Waals surface area contributed by atoms with Crippen molar-refractivity contribution in [3.8, 4) is 0 Å². The van der Waals surface area contributed by atoms with Gasteiger partial charge in [0, 0.05) is 5.69 Å². The second-order valence-electron chi connectivity index (χ2n) is 4.76. The molecule has 22 heavy (non-hydrogen) atoms. The zero-order chi connectivity index (χ0) is 15.4. The van der Waals surface area contributed by atoms with Crippen LogP contribution in [0.2, 0.25) is 5.02 Å². The summed E-state index contributed by atoms with van der Waals surface area (Å²) in [6.07, 6.45) is 3.20. The Morgan fingerprint density at radius 1 is 1.18 bits per heavy atom. The van der Waals surface area contributed by atoms with Crippen LogP contribution in [-0.4, -0.2) is 9.97 Å². The molecule has 0 aliphatic heterocycles. The monoisotopic (exact) mass is 314 g/mol. The molecule has 2 heterocycles. The summed E-state index contributed by atoms with van der Waals surface area (Å²) in [7, 11) is 0. The number of furan rings is 1. The van der Waals surface area contributed by atoms with Gasteiger partial charge in [0.15, 0.2) is 5.82 Å². The van der Waals surface area contributed by atoms with Gasteiger partial charge in [0.2, 0.25) is 5.95 Å². The van der Waals surface area contributed by atoms with E-state index in [4.69, 9.17) is 16.0 Å². The van der Waals surface area contributed by atoms with Crippen LogP contribution in [0.1, 0.15) is 11.3 Å². The molecule has 2 N–H and O–H groups in total. The quantitative estimate of drug-likeness (QED) is 0.731. The predicted octanol–water partition coefficient (Wildman–Crippen LogP) is 4.39. The maximum atomic E-state index is 6.16. The average molecular weight is 315 g/mol. The number of benzene rings is 1. The lowest BCUT2D eigenvalue weighted by molar-refractivity contribution is 0.517. The van der Waals surface area contributed by atoms with Gasteiger partial charge in [-0.15, -0.1) is 0 Å². The van der Waals surface area contributed by atoms with Gasteiger partial charge in [-0.2, -0.15) is 4.98 Å². The first kappa shape index (κ1) is 14.4. The van der Waals surface area contributed by atoms with Crippen LogP contribution < -0.4 is 10.6 Å². The first-order chi connectivity index (χ1) is 10.7. The Bertz CT molecular complexity index is 759. The molecule has 1 aromatic carbocycles. The topological polar surface area (TPSA) is 63.0 Å². The fourth-order valence-electron chi connectivity index (χ4n) is 1.96. The van der Waals surface area contributed by atoms with E-state index in [1.54, 1.807) is 12.5 Å². The van der Waals surface area contributed by atoms with Crippen molar-refractivity contribution in [3.63, 3.8) is 0 Å². The highest BCUT2D eigenvalue weighted by molar-refractivity contribution is 6.32. The molecule has 0 aliphatic carbocycles. The molecule has 0 saturated carbocycles. The lowest BCUT2D eigenvalue weighted by Crippen LogP contribution is -2.05. The van der Waals surface area contributed by atoms with E-state index in [9.17, 15) is 0 Å². The van der Waals surface area contributed by atoms with Gasteiger partial charge in [-0.05, 0) is 30.7 Å². The third-order valence-corrected chi connectivity index (χ3v) is 3.42. The summed E-state index contributed by atoms with van der Waals surface area (Å²) in [5, 5.41) is 6.79. The van der Waals surface area contributed by atoms with E-state index in [2.05, 4.69) is 20.6 Å². The first-order valence-corrected chi connectivity index (χ1v) is 7.21. The van der Waals surface area contributed by atoms with E-state index in [0.29, 0.717) is 23.3 Å². The van der Waals surface area contributed by atoms with Crippen molar-refractivity contribution in [2.24, 2.45) is 0 Å². The van der Waals surface area contributed by atoms with Crippen LogP contribution in [0.4, 0.5) is 17.5 Å². The number of para-hydroxylation sites is 1. The second-order valence-corrected chi connectivity index (χ2v) is 5.17. The van der Waals surface area contributed by atoms with Crippen molar-refractivity contribution in [2.75, 3.05) is 10.6 Å². The maximum absolute atomic E-state index is 6.16. The Morgan fingerprint density at radius 3 is 2.82 bits per heavy atom. The van der Waals surface area contributed by atoms with Crippen molar-refractivity contribution in [3.05, 3.63) is 65.2 Å². The zero-order valence-corrected chi connectivity index (χ0v) is 12.8. The molecule has 0 aliphatic rings. The average Bonchev–Trinajstić information content (AvgIpc) is 3.03. The van der Waals surface area contributed by atoms with Gasteiger partial charge in [-0.3, -0.25) is 0 Å². The van der Waals surface area contributed by atoms with Crippen molar-refractivity contribution < 1.29 is 4.42 Å². The summed E-state index contributed by atoms with van der Waals surface area (Å²) >= 11 is 6.16. The van der Waals surface area contributed by atoms with Gasteiger partial charge >= 0.3 is 0 Å². The van der Waals surface area contributed by atoms with E-state index in [0.717, 1.165) is 17.0 Å². The van der Waals surface area contributed by atoms with Gasteiger partial charge in [-0.1, -0.05) is 29.8 Å². The third kappa shape index (κ3) is 3.38. The van der Waals surface area contributed by atoms with Crippen molar-refractivity contribution in [1.82, 2.24) is 9.97 Å². The van der Waals surface area contributed by atoms with Gasteiger partial charge in [0.05, 0.1) is 19.0 Å². The van der Waals surface area contributed by atoms with E-state index >= 15 is 0 Å². The number of rotatable bonds is 5. The normalized spacial score (nSPS) is 10.5. The minimum Gasteiger partial charge on any atom is -0.467 e. The summed E-state index contributed by atoms with van der Waals surface area (Å²) < 4.78 is 5.26. The molecule has 6 heteroatoms.